The summed E-state index contributed by atoms with van der Waals surface area (Å²) in [6.07, 6.45) is 1.88. The Hall–Kier alpha value is -0.410. The van der Waals surface area contributed by atoms with E-state index in [1.807, 2.05) is 6.20 Å². The van der Waals surface area contributed by atoms with Crippen LogP contribution in [0.3, 0.4) is 0 Å². The van der Waals surface area contributed by atoms with Crippen LogP contribution in [0.15, 0.2) is 33.5 Å². The van der Waals surface area contributed by atoms with Gasteiger partial charge in [0, 0.05) is 16.1 Å². The average molecular weight is 343 g/mol. The second-order valence-electron chi connectivity index (χ2n) is 4.94. The number of fused-ring (bicyclic) bond motifs is 1. The van der Waals surface area contributed by atoms with Crippen molar-refractivity contribution < 1.29 is 0 Å². The summed E-state index contributed by atoms with van der Waals surface area (Å²) in [6.45, 7) is 6.66. The van der Waals surface area contributed by atoms with E-state index in [1.165, 1.54) is 10.9 Å². The fourth-order valence-electron chi connectivity index (χ4n) is 1.62. The van der Waals surface area contributed by atoms with Crippen LogP contribution in [-0.4, -0.2) is 4.98 Å². The highest BCUT2D eigenvalue weighted by Crippen LogP contribution is 2.32. The molecule has 1 heterocycles. The molecular weight excluding hydrogens is 330 g/mol. The van der Waals surface area contributed by atoms with Crippen LogP contribution in [-0.2, 0) is 5.41 Å². The van der Waals surface area contributed by atoms with E-state index in [9.17, 15) is 0 Å². The molecule has 0 atom stereocenters. The van der Waals surface area contributed by atoms with Crippen molar-refractivity contribution in [3.63, 3.8) is 0 Å². The third-order valence-electron chi connectivity index (χ3n) is 2.62. The van der Waals surface area contributed by atoms with Crippen molar-refractivity contribution in [2.75, 3.05) is 0 Å². The zero-order valence-corrected chi connectivity index (χ0v) is 12.7. The van der Waals surface area contributed by atoms with Crippen LogP contribution in [0.25, 0.3) is 10.8 Å². The van der Waals surface area contributed by atoms with Gasteiger partial charge in [-0.3, -0.25) is 0 Å². The minimum atomic E-state index is 0.159. The van der Waals surface area contributed by atoms with Crippen LogP contribution in [0.4, 0.5) is 0 Å². The highest BCUT2D eigenvalue weighted by Gasteiger charge is 2.15. The van der Waals surface area contributed by atoms with Gasteiger partial charge in [-0.2, -0.15) is 0 Å². The van der Waals surface area contributed by atoms with Gasteiger partial charge >= 0.3 is 0 Å². The van der Waals surface area contributed by atoms with Crippen molar-refractivity contribution in [2.45, 2.75) is 26.2 Å². The third-order valence-corrected chi connectivity index (χ3v) is 3.71. The maximum atomic E-state index is 4.25. The lowest BCUT2D eigenvalue weighted by Gasteiger charge is -2.20. The molecule has 0 saturated carbocycles. The van der Waals surface area contributed by atoms with Crippen molar-refractivity contribution in [3.05, 3.63) is 39.0 Å². The van der Waals surface area contributed by atoms with Gasteiger partial charge in [-0.05, 0) is 44.4 Å². The van der Waals surface area contributed by atoms with Crippen molar-refractivity contribution in [3.8, 4) is 0 Å². The molecule has 0 saturated heterocycles. The van der Waals surface area contributed by atoms with Gasteiger partial charge < -0.3 is 0 Å². The zero-order valence-electron chi connectivity index (χ0n) is 9.51. The highest BCUT2D eigenvalue weighted by molar-refractivity contribution is 9.11. The number of hydrogen-bond donors (Lipinski definition) is 0. The molecule has 0 bridgehead atoms. The second kappa shape index (κ2) is 4.11. The van der Waals surface area contributed by atoms with Gasteiger partial charge in [0.25, 0.3) is 0 Å². The molecule has 0 aliphatic rings. The zero-order chi connectivity index (χ0) is 11.9. The molecule has 84 valence electrons. The van der Waals surface area contributed by atoms with Crippen LogP contribution in [0, 0.1) is 0 Å². The normalized spacial score (nSPS) is 12.1. The lowest BCUT2D eigenvalue weighted by molar-refractivity contribution is 0.591. The van der Waals surface area contributed by atoms with E-state index in [1.54, 1.807) is 0 Å². The molecule has 0 N–H and O–H groups in total. The fraction of sp³-hybridized carbons (Fsp3) is 0.308. The summed E-state index contributed by atoms with van der Waals surface area (Å²) in [5.41, 5.74) is 1.48. The van der Waals surface area contributed by atoms with Gasteiger partial charge in [-0.15, -0.1) is 0 Å². The highest BCUT2D eigenvalue weighted by atomic mass is 79.9. The summed E-state index contributed by atoms with van der Waals surface area (Å²) < 4.78 is 1.98. The number of benzene rings is 1. The number of rotatable bonds is 0. The van der Waals surface area contributed by atoms with E-state index in [4.69, 9.17) is 0 Å². The topological polar surface area (TPSA) is 12.9 Å². The first-order valence-electron chi connectivity index (χ1n) is 5.13. The van der Waals surface area contributed by atoms with Crippen LogP contribution in [0.2, 0.25) is 0 Å². The monoisotopic (exact) mass is 341 g/mol. The summed E-state index contributed by atoms with van der Waals surface area (Å²) in [5, 5.41) is 2.36. The molecule has 0 radical (unpaired) electrons. The number of halogens is 2. The molecule has 16 heavy (non-hydrogen) atoms. The lowest BCUT2D eigenvalue weighted by atomic mass is 9.86. The molecule has 1 nitrogen and oxygen atoms in total. The number of nitrogens with zero attached hydrogens (tertiary/aromatic N) is 1. The standard InChI is InChI=1S/C13H13Br2N/c1-13(2,3)9-4-8-5-12(15)16-7-10(8)11(14)6-9/h4-7H,1-3H3. The second-order valence-corrected chi connectivity index (χ2v) is 6.60. The molecule has 0 aliphatic heterocycles. The Balaban J connectivity index is 2.75. The number of pyridine rings is 1. The van der Waals surface area contributed by atoms with E-state index in [2.05, 4.69) is 75.8 Å². The summed E-state index contributed by atoms with van der Waals surface area (Å²) in [4.78, 5) is 4.25. The molecule has 2 rings (SSSR count). The smallest absolute Gasteiger partial charge is 0.106 e. The Kier molecular flexibility index (Phi) is 3.10. The SMILES string of the molecule is CC(C)(C)c1cc(Br)c2cnc(Br)cc2c1. The molecule has 3 heteroatoms. The Labute approximate surface area is 113 Å². The van der Waals surface area contributed by atoms with Gasteiger partial charge in [-0.25, -0.2) is 4.98 Å². The van der Waals surface area contributed by atoms with E-state index in [0.29, 0.717) is 0 Å². The Morgan fingerprint density at radius 2 is 1.75 bits per heavy atom. The Morgan fingerprint density at radius 1 is 1.06 bits per heavy atom. The first-order chi connectivity index (χ1) is 7.38. The largest absolute Gasteiger partial charge is 0.249 e. The average Bonchev–Trinajstić information content (AvgIpc) is 2.15. The molecule has 0 amide bonds. The predicted octanol–water partition coefficient (Wildman–Crippen LogP) is 5.06. The lowest BCUT2D eigenvalue weighted by Crippen LogP contribution is -2.10. The Bertz CT molecular complexity index is 541. The van der Waals surface area contributed by atoms with Gasteiger partial charge in [0.05, 0.1) is 0 Å². The van der Waals surface area contributed by atoms with E-state index >= 15 is 0 Å². The van der Waals surface area contributed by atoms with Gasteiger partial charge in [0.15, 0.2) is 0 Å². The van der Waals surface area contributed by atoms with Gasteiger partial charge in [-0.1, -0.05) is 42.8 Å². The van der Waals surface area contributed by atoms with Gasteiger partial charge in [0.1, 0.15) is 4.60 Å². The Morgan fingerprint density at radius 3 is 2.38 bits per heavy atom. The maximum absolute atomic E-state index is 4.25. The summed E-state index contributed by atoms with van der Waals surface area (Å²) in [6, 6.07) is 6.46. The summed E-state index contributed by atoms with van der Waals surface area (Å²) in [5.74, 6) is 0. The minimum Gasteiger partial charge on any atom is -0.249 e. The number of hydrogen-bond acceptors (Lipinski definition) is 1. The third kappa shape index (κ3) is 2.30. The molecule has 1 aromatic carbocycles. The van der Waals surface area contributed by atoms with Crippen molar-refractivity contribution >= 4 is 42.6 Å². The molecule has 0 fully saturated rings. The van der Waals surface area contributed by atoms with Crippen LogP contribution < -0.4 is 0 Å². The fourth-order valence-corrected chi connectivity index (χ4v) is 2.55. The van der Waals surface area contributed by atoms with Crippen LogP contribution >= 0.6 is 31.9 Å². The molecule has 2 aromatic rings. The quantitative estimate of drug-likeness (QED) is 0.610. The molecule has 0 spiro atoms. The number of aromatic nitrogens is 1. The van der Waals surface area contributed by atoms with Crippen molar-refractivity contribution in [2.24, 2.45) is 0 Å². The van der Waals surface area contributed by atoms with Crippen LogP contribution in [0.1, 0.15) is 26.3 Å². The molecular formula is C13H13Br2N. The minimum absolute atomic E-state index is 0.159. The van der Waals surface area contributed by atoms with Gasteiger partial charge in [0.2, 0.25) is 0 Å². The molecule has 0 unspecified atom stereocenters. The maximum Gasteiger partial charge on any atom is 0.106 e. The van der Waals surface area contributed by atoms with Crippen LogP contribution in [0.5, 0.6) is 0 Å². The van der Waals surface area contributed by atoms with E-state index in [-0.39, 0.29) is 5.41 Å². The van der Waals surface area contributed by atoms with Crippen molar-refractivity contribution in [1.82, 2.24) is 4.98 Å². The van der Waals surface area contributed by atoms with Crippen molar-refractivity contribution in [1.29, 1.82) is 0 Å². The molecule has 0 aliphatic carbocycles. The predicted molar refractivity (Wildman–Crippen MR) is 75.8 cm³/mol. The summed E-state index contributed by atoms with van der Waals surface area (Å²) >= 11 is 7.01. The first-order valence-corrected chi connectivity index (χ1v) is 6.72. The summed E-state index contributed by atoms with van der Waals surface area (Å²) in [7, 11) is 0. The first kappa shape index (κ1) is 12.1. The van der Waals surface area contributed by atoms with E-state index in [0.717, 1.165) is 14.5 Å². The molecule has 1 aromatic heterocycles. The van der Waals surface area contributed by atoms with E-state index < -0.39 is 0 Å².